The van der Waals surface area contributed by atoms with E-state index in [0.29, 0.717) is 17.8 Å². The maximum absolute atomic E-state index is 12.4. The van der Waals surface area contributed by atoms with E-state index < -0.39 is 11.2 Å². The van der Waals surface area contributed by atoms with Crippen molar-refractivity contribution in [3.8, 4) is 0 Å². The van der Waals surface area contributed by atoms with Crippen molar-refractivity contribution >= 4 is 28.1 Å². The molecule has 0 amide bonds. The van der Waals surface area contributed by atoms with Crippen molar-refractivity contribution in [1.82, 2.24) is 10.2 Å². The molecule has 3 nitrogen and oxygen atoms in total. The molecule has 108 valence electrons. The molecule has 1 unspecified atom stereocenters. The minimum atomic E-state index is -4.46. The SMILES string of the molecule is FC(F)(F)c1nnc(NC(CCl)Cc2ccccc2)s1. The molecule has 0 radical (unpaired) electrons. The molecule has 1 atom stereocenters. The molecule has 0 saturated heterocycles. The minimum Gasteiger partial charge on any atom is -0.356 e. The van der Waals surface area contributed by atoms with Crippen LogP contribution in [-0.2, 0) is 12.6 Å². The topological polar surface area (TPSA) is 37.8 Å². The number of nitrogens with one attached hydrogen (secondary N) is 1. The summed E-state index contributed by atoms with van der Waals surface area (Å²) in [5, 5.41) is 8.65. The van der Waals surface area contributed by atoms with Gasteiger partial charge in [-0.25, -0.2) is 0 Å². The monoisotopic (exact) mass is 321 g/mol. The molecule has 0 aliphatic rings. The third kappa shape index (κ3) is 4.08. The number of alkyl halides is 4. The van der Waals surface area contributed by atoms with E-state index in [9.17, 15) is 13.2 Å². The van der Waals surface area contributed by atoms with Gasteiger partial charge in [-0.3, -0.25) is 0 Å². The van der Waals surface area contributed by atoms with E-state index in [2.05, 4.69) is 15.5 Å². The number of nitrogens with zero attached hydrogens (tertiary/aromatic N) is 2. The standard InChI is InChI=1S/C12H11ClF3N3S/c13-7-9(6-8-4-2-1-3-5-8)17-11-19-18-10(20-11)12(14,15)16/h1-5,9H,6-7H2,(H,17,19). The zero-order chi connectivity index (χ0) is 14.6. The second kappa shape index (κ2) is 6.41. The summed E-state index contributed by atoms with van der Waals surface area (Å²) in [6.07, 6.45) is -3.86. The maximum Gasteiger partial charge on any atom is 0.445 e. The van der Waals surface area contributed by atoms with E-state index >= 15 is 0 Å². The summed E-state index contributed by atoms with van der Waals surface area (Å²) in [6.45, 7) is 0. The van der Waals surface area contributed by atoms with E-state index in [1.807, 2.05) is 30.3 Å². The Hall–Kier alpha value is -1.34. The molecule has 1 N–H and O–H groups in total. The Balaban J connectivity index is 2.01. The Labute approximate surface area is 122 Å². The van der Waals surface area contributed by atoms with E-state index in [1.54, 1.807) is 0 Å². The van der Waals surface area contributed by atoms with Gasteiger partial charge in [0.15, 0.2) is 0 Å². The molecular weight excluding hydrogens is 311 g/mol. The van der Waals surface area contributed by atoms with Crippen molar-refractivity contribution in [1.29, 1.82) is 0 Å². The lowest BCUT2D eigenvalue weighted by atomic mass is 10.1. The van der Waals surface area contributed by atoms with Crippen molar-refractivity contribution in [3.63, 3.8) is 0 Å². The molecule has 0 saturated carbocycles. The van der Waals surface area contributed by atoms with Gasteiger partial charge in [0.25, 0.3) is 0 Å². The highest BCUT2D eigenvalue weighted by molar-refractivity contribution is 7.15. The van der Waals surface area contributed by atoms with Crippen LogP contribution in [0.5, 0.6) is 0 Å². The Morgan fingerprint density at radius 3 is 2.45 bits per heavy atom. The van der Waals surface area contributed by atoms with Gasteiger partial charge in [-0.15, -0.1) is 21.8 Å². The van der Waals surface area contributed by atoms with E-state index in [4.69, 9.17) is 11.6 Å². The minimum absolute atomic E-state index is 0.124. The van der Waals surface area contributed by atoms with Gasteiger partial charge in [0.05, 0.1) is 0 Å². The fourth-order valence-electron chi connectivity index (χ4n) is 1.61. The highest BCUT2D eigenvalue weighted by Gasteiger charge is 2.35. The molecule has 0 spiro atoms. The first-order valence-corrected chi connectivity index (χ1v) is 7.11. The number of benzene rings is 1. The van der Waals surface area contributed by atoms with Gasteiger partial charge >= 0.3 is 6.18 Å². The van der Waals surface area contributed by atoms with Crippen LogP contribution in [0.3, 0.4) is 0 Å². The first kappa shape index (κ1) is 15.1. The zero-order valence-corrected chi connectivity index (χ0v) is 11.8. The fraction of sp³-hybridized carbons (Fsp3) is 0.333. The lowest BCUT2D eigenvalue weighted by Crippen LogP contribution is -2.24. The van der Waals surface area contributed by atoms with Crippen LogP contribution in [0.15, 0.2) is 30.3 Å². The largest absolute Gasteiger partial charge is 0.445 e. The third-order valence-corrected chi connectivity index (χ3v) is 3.78. The summed E-state index contributed by atoms with van der Waals surface area (Å²) in [6, 6.07) is 9.35. The van der Waals surface area contributed by atoms with E-state index in [-0.39, 0.29) is 17.1 Å². The smallest absolute Gasteiger partial charge is 0.356 e. The van der Waals surface area contributed by atoms with Gasteiger partial charge in [-0.05, 0) is 12.0 Å². The Kier molecular flexibility index (Phi) is 4.82. The van der Waals surface area contributed by atoms with Crippen LogP contribution < -0.4 is 5.32 Å². The van der Waals surface area contributed by atoms with Crippen molar-refractivity contribution in [2.24, 2.45) is 0 Å². The second-order valence-electron chi connectivity index (χ2n) is 4.10. The Morgan fingerprint density at radius 2 is 1.90 bits per heavy atom. The highest BCUT2D eigenvalue weighted by atomic mass is 35.5. The number of rotatable bonds is 5. The van der Waals surface area contributed by atoms with Crippen LogP contribution >= 0.6 is 22.9 Å². The molecule has 1 aromatic heterocycles. The number of halogens is 4. The molecule has 0 bridgehead atoms. The van der Waals surface area contributed by atoms with Crippen LogP contribution in [0.25, 0.3) is 0 Å². The number of hydrogen-bond donors (Lipinski definition) is 1. The average Bonchev–Trinajstić information content (AvgIpc) is 2.87. The maximum atomic E-state index is 12.4. The molecule has 0 fully saturated rings. The van der Waals surface area contributed by atoms with Crippen molar-refractivity contribution < 1.29 is 13.2 Å². The van der Waals surface area contributed by atoms with E-state index in [1.165, 1.54) is 0 Å². The van der Waals surface area contributed by atoms with Gasteiger partial charge in [0.1, 0.15) is 0 Å². The zero-order valence-electron chi connectivity index (χ0n) is 10.2. The summed E-state index contributed by atoms with van der Waals surface area (Å²) in [7, 11) is 0. The lowest BCUT2D eigenvalue weighted by molar-refractivity contribution is -0.138. The summed E-state index contributed by atoms with van der Waals surface area (Å²) >= 11 is 6.31. The molecule has 0 aliphatic carbocycles. The number of anilines is 1. The summed E-state index contributed by atoms with van der Waals surface area (Å²) in [5.74, 6) is 0.260. The van der Waals surface area contributed by atoms with Crippen molar-refractivity contribution in [3.05, 3.63) is 40.9 Å². The molecule has 2 aromatic rings. The predicted octanol–water partition coefficient (Wildman–Crippen LogP) is 3.82. The Morgan fingerprint density at radius 1 is 1.20 bits per heavy atom. The average molecular weight is 322 g/mol. The van der Waals surface area contributed by atoms with Crippen molar-refractivity contribution in [2.45, 2.75) is 18.6 Å². The molecule has 2 rings (SSSR count). The first-order chi connectivity index (χ1) is 9.49. The van der Waals surface area contributed by atoms with Crippen LogP contribution in [-0.4, -0.2) is 22.1 Å². The van der Waals surface area contributed by atoms with E-state index in [0.717, 1.165) is 5.56 Å². The summed E-state index contributed by atoms with van der Waals surface area (Å²) < 4.78 is 37.3. The number of hydrogen-bond acceptors (Lipinski definition) is 4. The molecule has 0 aliphatic heterocycles. The third-order valence-electron chi connectivity index (χ3n) is 2.51. The van der Waals surface area contributed by atoms with Gasteiger partial charge < -0.3 is 5.32 Å². The normalized spacial score (nSPS) is 13.2. The fourth-order valence-corrected chi connectivity index (χ4v) is 2.49. The van der Waals surface area contributed by atoms with Crippen LogP contribution in [0, 0.1) is 0 Å². The first-order valence-electron chi connectivity index (χ1n) is 5.76. The second-order valence-corrected chi connectivity index (χ2v) is 5.38. The van der Waals surface area contributed by atoms with Crippen LogP contribution in [0.1, 0.15) is 10.6 Å². The summed E-state index contributed by atoms with van der Waals surface area (Å²) in [5.41, 5.74) is 1.05. The summed E-state index contributed by atoms with van der Waals surface area (Å²) in [4.78, 5) is 0. The van der Waals surface area contributed by atoms with Gasteiger partial charge in [-0.1, -0.05) is 41.7 Å². The van der Waals surface area contributed by atoms with Crippen LogP contribution in [0.4, 0.5) is 18.3 Å². The van der Waals surface area contributed by atoms with Crippen LogP contribution in [0.2, 0.25) is 0 Å². The number of aromatic nitrogens is 2. The quantitative estimate of drug-likeness (QED) is 0.851. The molecular formula is C12H11ClF3N3S. The molecule has 1 heterocycles. The molecule has 8 heteroatoms. The predicted molar refractivity (Wildman–Crippen MR) is 73.2 cm³/mol. The lowest BCUT2D eigenvalue weighted by Gasteiger charge is -2.14. The van der Waals surface area contributed by atoms with Gasteiger partial charge in [0.2, 0.25) is 10.1 Å². The molecule has 20 heavy (non-hydrogen) atoms. The molecule has 1 aromatic carbocycles. The Bertz CT molecular complexity index is 544. The van der Waals surface area contributed by atoms with Gasteiger partial charge in [-0.2, -0.15) is 13.2 Å². The van der Waals surface area contributed by atoms with Gasteiger partial charge in [0, 0.05) is 11.9 Å². The highest BCUT2D eigenvalue weighted by Crippen LogP contribution is 2.33. The van der Waals surface area contributed by atoms with Crippen molar-refractivity contribution in [2.75, 3.05) is 11.2 Å².